The van der Waals surface area contributed by atoms with E-state index in [1.54, 1.807) is 4.90 Å². The van der Waals surface area contributed by atoms with Crippen molar-refractivity contribution in [2.75, 3.05) is 26.0 Å². The molecule has 46 heavy (non-hydrogen) atoms. The van der Waals surface area contributed by atoms with E-state index in [4.69, 9.17) is 0 Å². The molecule has 1 aromatic heterocycles. The zero-order valence-corrected chi connectivity index (χ0v) is 29.0. The average molecular weight is 630 g/mol. The van der Waals surface area contributed by atoms with Gasteiger partial charge in [-0.05, 0) is 127 Å². The number of aromatic amines is 1. The number of H-pyrrole nitrogens is 1. The number of aromatic nitrogens is 1. The van der Waals surface area contributed by atoms with Crippen LogP contribution < -0.4 is 15.8 Å². The molecular formula is C37H51N5O4. The Bertz CT molecular complexity index is 1610. The Morgan fingerprint density at radius 3 is 2.07 bits per heavy atom. The predicted molar refractivity (Wildman–Crippen MR) is 186 cm³/mol. The Hall–Kier alpha value is -4.11. The first-order valence-electron chi connectivity index (χ1n) is 16.2. The van der Waals surface area contributed by atoms with Crippen molar-refractivity contribution in [3.63, 3.8) is 0 Å². The summed E-state index contributed by atoms with van der Waals surface area (Å²) in [5.74, 6) is -0.233. The first-order chi connectivity index (χ1) is 21.6. The lowest BCUT2D eigenvalue weighted by Gasteiger charge is -2.44. The third-order valence-corrected chi connectivity index (χ3v) is 9.22. The van der Waals surface area contributed by atoms with Crippen molar-refractivity contribution in [3.05, 3.63) is 86.3 Å². The summed E-state index contributed by atoms with van der Waals surface area (Å²) >= 11 is 0. The molecule has 0 bridgehead atoms. The van der Waals surface area contributed by atoms with E-state index >= 15 is 0 Å². The van der Waals surface area contributed by atoms with Gasteiger partial charge >= 0.3 is 6.09 Å². The Kier molecular flexibility index (Phi) is 10.7. The first kappa shape index (κ1) is 34.8. The second-order valence-electron chi connectivity index (χ2n) is 14.1. The molecule has 1 heterocycles. The van der Waals surface area contributed by atoms with Crippen LogP contribution in [0.4, 0.5) is 10.5 Å². The molecule has 0 spiro atoms. The normalized spacial score (nSPS) is 16.7. The number of nitrogens with zero attached hydrogens (tertiary/aromatic N) is 3. The Balaban J connectivity index is 1.66. The highest BCUT2D eigenvalue weighted by Gasteiger charge is 2.36. The van der Waals surface area contributed by atoms with Gasteiger partial charge in [0.1, 0.15) is 0 Å². The van der Waals surface area contributed by atoms with Crippen LogP contribution in [0.25, 0.3) is 11.1 Å². The van der Waals surface area contributed by atoms with E-state index in [0.717, 1.165) is 65.9 Å². The fourth-order valence-corrected chi connectivity index (χ4v) is 6.89. The molecular weight excluding hydrogens is 578 g/mol. The molecule has 3 aromatic rings. The average Bonchev–Trinajstić information content (AvgIpc) is 2.96. The SMILES string of the molecule is Cc1cc(C)c(CNC(=O)c2cc(-c3ccc(CN(C)C)cc3)cc(N(C)C3CCC(N(C(=O)O)C(C)(C)C)CC3)c2C)c(=O)[nH]1. The summed E-state index contributed by atoms with van der Waals surface area (Å²) in [6.45, 7) is 12.5. The number of hydrogen-bond donors (Lipinski definition) is 3. The molecule has 248 valence electrons. The summed E-state index contributed by atoms with van der Waals surface area (Å²) in [6, 6.07) is 14.6. The van der Waals surface area contributed by atoms with Gasteiger partial charge < -0.3 is 30.1 Å². The maximum absolute atomic E-state index is 13.8. The number of benzene rings is 2. The van der Waals surface area contributed by atoms with Crippen LogP contribution in [-0.4, -0.2) is 70.7 Å². The summed E-state index contributed by atoms with van der Waals surface area (Å²) in [4.78, 5) is 47.4. The van der Waals surface area contributed by atoms with Crippen LogP contribution in [0.3, 0.4) is 0 Å². The molecule has 0 saturated heterocycles. The second-order valence-corrected chi connectivity index (χ2v) is 14.1. The summed E-state index contributed by atoms with van der Waals surface area (Å²) in [6.07, 6.45) is 2.38. The lowest BCUT2D eigenvalue weighted by atomic mass is 9.86. The van der Waals surface area contributed by atoms with Gasteiger partial charge in [-0.3, -0.25) is 9.59 Å². The van der Waals surface area contributed by atoms with Crippen LogP contribution in [0.5, 0.6) is 0 Å². The van der Waals surface area contributed by atoms with Crippen LogP contribution in [0, 0.1) is 20.8 Å². The number of pyridine rings is 1. The van der Waals surface area contributed by atoms with E-state index in [2.05, 4.69) is 57.5 Å². The summed E-state index contributed by atoms with van der Waals surface area (Å²) in [7, 11) is 6.16. The number of amides is 2. The van der Waals surface area contributed by atoms with Crippen molar-refractivity contribution < 1.29 is 14.7 Å². The molecule has 2 amide bonds. The number of carbonyl (C=O) groups excluding carboxylic acids is 1. The van der Waals surface area contributed by atoms with Gasteiger partial charge in [0.2, 0.25) is 0 Å². The smallest absolute Gasteiger partial charge is 0.407 e. The largest absolute Gasteiger partial charge is 0.465 e. The molecule has 4 rings (SSSR count). The minimum atomic E-state index is -0.872. The van der Waals surface area contributed by atoms with Crippen LogP contribution >= 0.6 is 0 Å². The van der Waals surface area contributed by atoms with Gasteiger partial charge in [-0.1, -0.05) is 24.3 Å². The van der Waals surface area contributed by atoms with E-state index in [1.807, 2.05) is 67.8 Å². The standard InChI is InChI=1S/C37H51N5O4/c1-23-18-24(2)39-35(44)32(23)21-38-34(43)31-19-28(27-12-10-26(11-13-27)22-40(7)8)20-33(25(31)3)41(9)29-14-16-30(17-15-29)42(36(45)46)37(4,5)6/h10-13,18-20,29-30H,14-17,21-22H2,1-9H3,(H,38,43)(H,39,44)(H,45,46). The van der Waals surface area contributed by atoms with E-state index < -0.39 is 11.6 Å². The molecule has 1 saturated carbocycles. The number of anilines is 1. The number of aryl methyl sites for hydroxylation is 2. The molecule has 0 unspecified atom stereocenters. The summed E-state index contributed by atoms with van der Waals surface area (Å²) < 4.78 is 0. The molecule has 1 aliphatic carbocycles. The molecule has 1 fully saturated rings. The van der Waals surface area contributed by atoms with Gasteiger partial charge in [0.05, 0.1) is 0 Å². The molecule has 3 N–H and O–H groups in total. The fourth-order valence-electron chi connectivity index (χ4n) is 6.89. The van der Waals surface area contributed by atoms with E-state index in [9.17, 15) is 19.5 Å². The Morgan fingerprint density at radius 1 is 0.913 bits per heavy atom. The lowest BCUT2D eigenvalue weighted by Crippen LogP contribution is -2.53. The molecule has 2 aromatic carbocycles. The monoisotopic (exact) mass is 629 g/mol. The number of carbonyl (C=O) groups is 2. The van der Waals surface area contributed by atoms with E-state index in [1.165, 1.54) is 5.56 Å². The van der Waals surface area contributed by atoms with Crippen LogP contribution in [0.2, 0.25) is 0 Å². The van der Waals surface area contributed by atoms with Crippen molar-refractivity contribution in [1.29, 1.82) is 0 Å². The molecule has 9 nitrogen and oxygen atoms in total. The van der Waals surface area contributed by atoms with Gasteiger partial charge in [0.15, 0.2) is 0 Å². The van der Waals surface area contributed by atoms with Crippen LogP contribution in [-0.2, 0) is 13.1 Å². The third kappa shape index (κ3) is 7.99. The van der Waals surface area contributed by atoms with Gasteiger partial charge in [-0.25, -0.2) is 4.79 Å². The minimum absolute atomic E-state index is 0.0232. The minimum Gasteiger partial charge on any atom is -0.465 e. The molecule has 1 aliphatic rings. The topological polar surface area (TPSA) is 109 Å². The second kappa shape index (κ2) is 14.1. The maximum Gasteiger partial charge on any atom is 0.407 e. The van der Waals surface area contributed by atoms with E-state index in [-0.39, 0.29) is 30.1 Å². The third-order valence-electron chi connectivity index (χ3n) is 9.22. The van der Waals surface area contributed by atoms with Crippen molar-refractivity contribution in [3.8, 4) is 11.1 Å². The maximum atomic E-state index is 13.8. The van der Waals surface area contributed by atoms with Gasteiger partial charge in [-0.2, -0.15) is 0 Å². The Labute approximate surface area is 273 Å². The number of rotatable bonds is 9. The van der Waals surface area contributed by atoms with Gasteiger partial charge in [0, 0.05) is 60.3 Å². The number of hydrogen-bond acceptors (Lipinski definition) is 5. The van der Waals surface area contributed by atoms with Crippen molar-refractivity contribution in [1.82, 2.24) is 20.1 Å². The highest BCUT2D eigenvalue weighted by atomic mass is 16.4. The van der Waals surface area contributed by atoms with Gasteiger partial charge in [0.25, 0.3) is 11.5 Å². The van der Waals surface area contributed by atoms with Crippen molar-refractivity contribution >= 4 is 17.7 Å². The lowest BCUT2D eigenvalue weighted by molar-refractivity contribution is 0.0547. The predicted octanol–water partition coefficient (Wildman–Crippen LogP) is 6.48. The fraction of sp³-hybridized carbons (Fsp3) is 0.486. The molecule has 0 radical (unpaired) electrons. The van der Waals surface area contributed by atoms with E-state index in [0.29, 0.717) is 11.1 Å². The molecule has 0 aliphatic heterocycles. The van der Waals surface area contributed by atoms with Crippen molar-refractivity contribution in [2.45, 2.75) is 97.9 Å². The summed E-state index contributed by atoms with van der Waals surface area (Å²) in [5, 5.41) is 13.0. The molecule has 9 heteroatoms. The Morgan fingerprint density at radius 2 is 1.52 bits per heavy atom. The van der Waals surface area contributed by atoms with Gasteiger partial charge in [-0.15, -0.1) is 0 Å². The zero-order chi connectivity index (χ0) is 33.9. The highest BCUT2D eigenvalue weighted by molar-refractivity contribution is 5.99. The first-order valence-corrected chi connectivity index (χ1v) is 16.2. The number of nitrogens with one attached hydrogen (secondary N) is 2. The zero-order valence-electron chi connectivity index (χ0n) is 29.0. The number of carboxylic acid groups (broad SMARTS) is 1. The highest BCUT2D eigenvalue weighted by Crippen LogP contribution is 2.36. The van der Waals surface area contributed by atoms with Crippen molar-refractivity contribution in [2.24, 2.45) is 0 Å². The summed E-state index contributed by atoms with van der Waals surface area (Å²) in [5.41, 5.74) is 7.09. The van der Waals surface area contributed by atoms with Crippen LogP contribution in [0.1, 0.15) is 84.8 Å². The van der Waals surface area contributed by atoms with Crippen LogP contribution in [0.15, 0.2) is 47.3 Å². The quantitative estimate of drug-likeness (QED) is 0.250. The molecule has 0 atom stereocenters.